The molecule has 1 heterocycles. The number of likely N-dealkylation sites (tertiary alicyclic amines) is 1. The minimum absolute atomic E-state index is 0.0550. The lowest BCUT2D eigenvalue weighted by Crippen LogP contribution is -2.52. The van der Waals surface area contributed by atoms with E-state index in [1.54, 1.807) is 6.92 Å². The molecule has 1 saturated heterocycles. The highest BCUT2D eigenvalue weighted by Gasteiger charge is 2.37. The van der Waals surface area contributed by atoms with Gasteiger partial charge in [0.1, 0.15) is 12.1 Å². The molecular weight excluding hydrogens is 380 g/mol. The fraction of sp³-hybridized carbons (Fsp3) is 0.500. The third-order valence-electron chi connectivity index (χ3n) is 4.69. The number of aliphatic carboxylic acids is 1. The highest BCUT2D eigenvalue weighted by atomic mass is 32.2. The molecule has 7 nitrogen and oxygen atoms in total. The number of carboxylic acid groups (broad SMARTS) is 1. The van der Waals surface area contributed by atoms with Crippen LogP contribution in [0.15, 0.2) is 30.3 Å². The van der Waals surface area contributed by atoms with Crippen LogP contribution in [0.25, 0.3) is 0 Å². The Morgan fingerprint density at radius 3 is 2.54 bits per heavy atom. The molecule has 0 spiro atoms. The molecule has 2 N–H and O–H groups in total. The Hall–Kier alpha value is -2.35. The first kappa shape index (κ1) is 21.9. The number of thioether (sulfide) groups is 1. The van der Waals surface area contributed by atoms with Crippen LogP contribution in [0.3, 0.4) is 0 Å². The third-order valence-corrected chi connectivity index (χ3v) is 5.77. The number of benzene rings is 1. The maximum absolute atomic E-state index is 12.7. The molecule has 0 saturated carbocycles. The predicted molar refractivity (Wildman–Crippen MR) is 107 cm³/mol. The molecule has 3 atom stereocenters. The zero-order valence-corrected chi connectivity index (χ0v) is 16.9. The summed E-state index contributed by atoms with van der Waals surface area (Å²) in [5.41, 5.74) is 0.810. The number of nitrogens with one attached hydrogen (secondary N) is 1. The van der Waals surface area contributed by atoms with Crippen LogP contribution in [-0.4, -0.2) is 57.3 Å². The summed E-state index contributed by atoms with van der Waals surface area (Å²) in [6, 6.07) is 7.35. The smallest absolute Gasteiger partial charge is 0.326 e. The third kappa shape index (κ3) is 6.09. The quantitative estimate of drug-likeness (QED) is 0.681. The van der Waals surface area contributed by atoms with E-state index in [1.165, 1.54) is 11.8 Å². The lowest BCUT2D eigenvalue weighted by molar-refractivity contribution is -0.144. The topological polar surface area (TPSA) is 104 Å². The maximum atomic E-state index is 12.7. The van der Waals surface area contributed by atoms with Gasteiger partial charge in [0.05, 0.1) is 0 Å². The van der Waals surface area contributed by atoms with Gasteiger partial charge >= 0.3 is 5.97 Å². The van der Waals surface area contributed by atoms with Crippen LogP contribution in [0.1, 0.15) is 32.3 Å². The molecule has 152 valence electrons. The average Bonchev–Trinajstić information content (AvgIpc) is 3.15. The van der Waals surface area contributed by atoms with E-state index in [2.05, 4.69) is 5.32 Å². The molecule has 1 aromatic rings. The summed E-state index contributed by atoms with van der Waals surface area (Å²) in [4.78, 5) is 49.6. The van der Waals surface area contributed by atoms with Crippen LogP contribution < -0.4 is 5.32 Å². The maximum Gasteiger partial charge on any atom is 0.326 e. The monoisotopic (exact) mass is 406 g/mol. The van der Waals surface area contributed by atoms with E-state index < -0.39 is 24.0 Å². The molecule has 0 aliphatic carbocycles. The second kappa shape index (κ2) is 10.3. The van der Waals surface area contributed by atoms with Gasteiger partial charge in [0.2, 0.25) is 11.8 Å². The van der Waals surface area contributed by atoms with Crippen LogP contribution in [0, 0.1) is 5.92 Å². The number of hydrogen-bond donors (Lipinski definition) is 2. The number of carbonyl (C=O) groups excluding carboxylic acids is 3. The van der Waals surface area contributed by atoms with E-state index in [9.17, 15) is 24.3 Å². The summed E-state index contributed by atoms with van der Waals surface area (Å²) >= 11 is 1.09. The standard InChI is InChI=1S/C20H26N2O5S/c1-13(12-28-14(2)23)19(25)22-10-6-9-17(22)18(24)21-16(20(26)27)11-15-7-4-3-5-8-15/h3-5,7-8,13,16-17H,6,9-12H2,1-2H3,(H,21,24)(H,26,27)/t13-,16?,17?/m1/s1. The second-order valence-electron chi connectivity index (χ2n) is 6.98. The van der Waals surface area contributed by atoms with Gasteiger partial charge < -0.3 is 15.3 Å². The minimum Gasteiger partial charge on any atom is -0.480 e. The zero-order valence-electron chi connectivity index (χ0n) is 16.1. The van der Waals surface area contributed by atoms with Gasteiger partial charge in [-0.25, -0.2) is 4.79 Å². The van der Waals surface area contributed by atoms with Crippen molar-refractivity contribution in [2.75, 3.05) is 12.3 Å². The molecule has 28 heavy (non-hydrogen) atoms. The Morgan fingerprint density at radius 1 is 1.25 bits per heavy atom. The highest BCUT2D eigenvalue weighted by molar-refractivity contribution is 8.13. The van der Waals surface area contributed by atoms with E-state index in [0.717, 1.165) is 17.3 Å². The Labute approximate surface area is 168 Å². The lowest BCUT2D eigenvalue weighted by atomic mass is 10.1. The summed E-state index contributed by atoms with van der Waals surface area (Å²) in [6.07, 6.45) is 1.36. The average molecular weight is 407 g/mol. The molecule has 0 radical (unpaired) electrons. The predicted octanol–water partition coefficient (Wildman–Crippen LogP) is 1.71. The van der Waals surface area contributed by atoms with Crippen LogP contribution >= 0.6 is 11.8 Å². The first-order valence-electron chi connectivity index (χ1n) is 9.30. The number of carbonyl (C=O) groups is 4. The van der Waals surface area contributed by atoms with Crippen LogP contribution in [-0.2, 0) is 25.6 Å². The largest absolute Gasteiger partial charge is 0.480 e. The first-order chi connectivity index (χ1) is 13.3. The molecule has 8 heteroatoms. The molecule has 1 aromatic carbocycles. The minimum atomic E-state index is -1.11. The van der Waals surface area contributed by atoms with Crippen molar-refractivity contribution >= 4 is 34.7 Å². The van der Waals surface area contributed by atoms with Crippen molar-refractivity contribution in [2.24, 2.45) is 5.92 Å². The molecule has 1 fully saturated rings. The van der Waals surface area contributed by atoms with Gasteiger partial charge in [0.25, 0.3) is 0 Å². The summed E-state index contributed by atoms with van der Waals surface area (Å²) in [6.45, 7) is 3.65. The van der Waals surface area contributed by atoms with Crippen molar-refractivity contribution in [3.05, 3.63) is 35.9 Å². The fourth-order valence-electron chi connectivity index (χ4n) is 3.22. The fourth-order valence-corrected chi connectivity index (χ4v) is 3.84. The lowest BCUT2D eigenvalue weighted by Gasteiger charge is -2.27. The van der Waals surface area contributed by atoms with Crippen molar-refractivity contribution in [1.82, 2.24) is 10.2 Å². The number of hydrogen-bond acceptors (Lipinski definition) is 5. The van der Waals surface area contributed by atoms with E-state index in [1.807, 2.05) is 30.3 Å². The molecule has 0 aromatic heterocycles. The van der Waals surface area contributed by atoms with Crippen molar-refractivity contribution in [3.63, 3.8) is 0 Å². The van der Waals surface area contributed by atoms with Gasteiger partial charge in [-0.05, 0) is 18.4 Å². The van der Waals surface area contributed by atoms with E-state index in [-0.39, 0.29) is 23.4 Å². The van der Waals surface area contributed by atoms with Gasteiger partial charge in [-0.1, -0.05) is 49.0 Å². The van der Waals surface area contributed by atoms with E-state index >= 15 is 0 Å². The van der Waals surface area contributed by atoms with Crippen molar-refractivity contribution in [3.8, 4) is 0 Å². The Morgan fingerprint density at radius 2 is 1.93 bits per heavy atom. The Bertz CT molecular complexity index is 725. The summed E-state index contributed by atoms with van der Waals surface area (Å²) in [7, 11) is 0. The second-order valence-corrected chi connectivity index (χ2v) is 8.18. The molecular formula is C20H26N2O5S. The number of nitrogens with zero attached hydrogens (tertiary/aromatic N) is 1. The summed E-state index contributed by atoms with van der Waals surface area (Å²) in [5, 5.41) is 12.0. The van der Waals surface area contributed by atoms with Crippen LogP contribution in [0.4, 0.5) is 0 Å². The van der Waals surface area contributed by atoms with Crippen LogP contribution in [0.5, 0.6) is 0 Å². The van der Waals surface area contributed by atoms with Gasteiger partial charge in [0, 0.05) is 31.6 Å². The molecule has 2 amide bonds. The Balaban J connectivity index is 2.01. The molecule has 2 rings (SSSR count). The van der Waals surface area contributed by atoms with Gasteiger partial charge in [0.15, 0.2) is 5.12 Å². The number of carboxylic acids is 1. The normalized spacial score (nSPS) is 18.4. The Kier molecular flexibility index (Phi) is 8.04. The van der Waals surface area contributed by atoms with Crippen LogP contribution in [0.2, 0.25) is 0 Å². The van der Waals surface area contributed by atoms with E-state index in [4.69, 9.17) is 0 Å². The summed E-state index contributed by atoms with van der Waals surface area (Å²) < 4.78 is 0. The van der Waals surface area contributed by atoms with Gasteiger partial charge in [-0.15, -0.1) is 0 Å². The molecule has 2 unspecified atom stereocenters. The highest BCUT2D eigenvalue weighted by Crippen LogP contribution is 2.22. The van der Waals surface area contributed by atoms with E-state index in [0.29, 0.717) is 25.1 Å². The van der Waals surface area contributed by atoms with Crippen molar-refractivity contribution in [2.45, 2.75) is 45.2 Å². The number of rotatable bonds is 8. The van der Waals surface area contributed by atoms with Crippen molar-refractivity contribution in [1.29, 1.82) is 0 Å². The first-order valence-corrected chi connectivity index (χ1v) is 10.3. The molecule has 0 bridgehead atoms. The van der Waals surface area contributed by atoms with Gasteiger partial charge in [-0.3, -0.25) is 14.4 Å². The summed E-state index contributed by atoms with van der Waals surface area (Å²) in [5.74, 6) is -1.76. The SMILES string of the molecule is CC(=O)SC[C@@H](C)C(=O)N1CCCC1C(=O)NC(Cc1ccccc1)C(=O)O. The molecule has 1 aliphatic rings. The molecule has 1 aliphatic heterocycles. The number of amides is 2. The van der Waals surface area contributed by atoms with Gasteiger partial charge in [-0.2, -0.15) is 0 Å². The zero-order chi connectivity index (χ0) is 20.7. The van der Waals surface area contributed by atoms with Crippen molar-refractivity contribution < 1.29 is 24.3 Å².